The summed E-state index contributed by atoms with van der Waals surface area (Å²) in [4.78, 5) is 25.8. The first-order valence-corrected chi connectivity index (χ1v) is 7.55. The van der Waals surface area contributed by atoms with Crippen molar-refractivity contribution in [2.24, 2.45) is 5.92 Å². The summed E-state index contributed by atoms with van der Waals surface area (Å²) < 4.78 is 0. The molecular formula is C14H22N2O3S. The number of thiophene rings is 1. The standard InChI is InChI=1S/C14H22N2O3S/c1-10(2)9-12(13(17)18)15-14(19)16(3)7-6-11-5-4-8-20-11/h4-5,8,10,12H,6-7,9H2,1-3H3,(H,15,19)(H,17,18)/t12-/m0/s1. The Morgan fingerprint density at radius 2 is 2.15 bits per heavy atom. The van der Waals surface area contributed by atoms with Gasteiger partial charge in [-0.1, -0.05) is 19.9 Å². The fourth-order valence-electron chi connectivity index (χ4n) is 1.79. The largest absolute Gasteiger partial charge is 0.480 e. The molecule has 0 radical (unpaired) electrons. The molecule has 0 fully saturated rings. The average molecular weight is 298 g/mol. The number of carboxylic acids is 1. The van der Waals surface area contributed by atoms with Crippen LogP contribution in [0.2, 0.25) is 0 Å². The molecule has 1 aromatic heterocycles. The number of nitrogens with zero attached hydrogens (tertiary/aromatic N) is 1. The Bertz CT molecular complexity index is 432. The molecule has 0 aliphatic carbocycles. The predicted octanol–water partition coefficient (Wildman–Crippen LogP) is 2.43. The van der Waals surface area contributed by atoms with Crippen molar-refractivity contribution in [3.8, 4) is 0 Å². The number of carbonyl (C=O) groups is 2. The van der Waals surface area contributed by atoms with Crippen LogP contribution in [-0.4, -0.2) is 41.6 Å². The smallest absolute Gasteiger partial charge is 0.326 e. The highest BCUT2D eigenvalue weighted by molar-refractivity contribution is 7.09. The van der Waals surface area contributed by atoms with Crippen LogP contribution in [0.4, 0.5) is 4.79 Å². The summed E-state index contributed by atoms with van der Waals surface area (Å²) in [6, 6.07) is 2.83. The van der Waals surface area contributed by atoms with Crippen molar-refractivity contribution in [2.75, 3.05) is 13.6 Å². The van der Waals surface area contributed by atoms with Crippen LogP contribution >= 0.6 is 11.3 Å². The first kappa shape index (κ1) is 16.5. The number of amides is 2. The molecule has 0 aliphatic heterocycles. The van der Waals surface area contributed by atoms with Crippen LogP contribution in [0.15, 0.2) is 17.5 Å². The molecule has 0 saturated heterocycles. The Morgan fingerprint density at radius 1 is 1.45 bits per heavy atom. The molecule has 2 N–H and O–H groups in total. The van der Waals surface area contributed by atoms with E-state index in [1.165, 1.54) is 9.78 Å². The van der Waals surface area contributed by atoms with Crippen molar-refractivity contribution in [1.82, 2.24) is 10.2 Å². The number of carbonyl (C=O) groups excluding carboxylic acids is 1. The van der Waals surface area contributed by atoms with Crippen LogP contribution in [0, 0.1) is 5.92 Å². The minimum absolute atomic E-state index is 0.216. The number of carboxylic acid groups (broad SMARTS) is 1. The van der Waals surface area contributed by atoms with Crippen molar-refractivity contribution < 1.29 is 14.7 Å². The van der Waals surface area contributed by atoms with Crippen molar-refractivity contribution in [2.45, 2.75) is 32.7 Å². The molecule has 1 atom stereocenters. The van der Waals surface area contributed by atoms with Gasteiger partial charge in [-0.15, -0.1) is 11.3 Å². The van der Waals surface area contributed by atoms with Crippen LogP contribution in [0.3, 0.4) is 0 Å². The van der Waals surface area contributed by atoms with E-state index in [4.69, 9.17) is 5.11 Å². The molecule has 5 nitrogen and oxygen atoms in total. The molecule has 0 unspecified atom stereocenters. The molecule has 0 saturated carbocycles. The van der Waals surface area contributed by atoms with Gasteiger partial charge in [-0.2, -0.15) is 0 Å². The third-order valence-electron chi connectivity index (χ3n) is 2.92. The average Bonchev–Trinajstić information content (AvgIpc) is 2.87. The molecule has 1 heterocycles. The lowest BCUT2D eigenvalue weighted by Gasteiger charge is -2.22. The number of aliphatic carboxylic acids is 1. The summed E-state index contributed by atoms with van der Waals surface area (Å²) in [7, 11) is 1.68. The minimum Gasteiger partial charge on any atom is -0.480 e. The SMILES string of the molecule is CC(C)C[C@H](NC(=O)N(C)CCc1cccs1)C(=O)O. The maximum Gasteiger partial charge on any atom is 0.326 e. The van der Waals surface area contributed by atoms with Crippen molar-refractivity contribution >= 4 is 23.3 Å². The van der Waals surface area contributed by atoms with Gasteiger partial charge in [-0.05, 0) is 30.2 Å². The fraction of sp³-hybridized carbons (Fsp3) is 0.571. The second kappa shape index (κ2) is 7.89. The van der Waals surface area contributed by atoms with E-state index >= 15 is 0 Å². The van der Waals surface area contributed by atoms with E-state index < -0.39 is 12.0 Å². The van der Waals surface area contributed by atoms with E-state index in [1.54, 1.807) is 18.4 Å². The molecule has 0 spiro atoms. The highest BCUT2D eigenvalue weighted by Gasteiger charge is 2.22. The van der Waals surface area contributed by atoms with Crippen LogP contribution in [0.1, 0.15) is 25.1 Å². The molecule has 0 aliphatic rings. The predicted molar refractivity (Wildman–Crippen MR) is 80.1 cm³/mol. The summed E-state index contributed by atoms with van der Waals surface area (Å²) in [5.74, 6) is -0.772. The second-order valence-electron chi connectivity index (χ2n) is 5.22. The molecule has 0 bridgehead atoms. The lowest BCUT2D eigenvalue weighted by Crippen LogP contribution is -2.47. The summed E-state index contributed by atoms with van der Waals surface area (Å²) in [5.41, 5.74) is 0. The zero-order valence-corrected chi connectivity index (χ0v) is 12.9. The van der Waals surface area contributed by atoms with Gasteiger partial charge in [0.05, 0.1) is 0 Å². The minimum atomic E-state index is -0.987. The summed E-state index contributed by atoms with van der Waals surface area (Å²) in [6.45, 7) is 4.44. The molecule has 1 aromatic rings. The van der Waals surface area contributed by atoms with E-state index in [0.717, 1.165) is 6.42 Å². The van der Waals surface area contributed by atoms with E-state index in [2.05, 4.69) is 5.32 Å². The zero-order chi connectivity index (χ0) is 15.1. The lowest BCUT2D eigenvalue weighted by molar-refractivity contribution is -0.139. The van der Waals surface area contributed by atoms with E-state index in [-0.39, 0.29) is 11.9 Å². The highest BCUT2D eigenvalue weighted by atomic mass is 32.1. The van der Waals surface area contributed by atoms with Gasteiger partial charge in [0.2, 0.25) is 0 Å². The summed E-state index contributed by atoms with van der Waals surface area (Å²) in [5, 5.41) is 13.7. The van der Waals surface area contributed by atoms with Crippen LogP contribution in [0.5, 0.6) is 0 Å². The molecular weight excluding hydrogens is 276 g/mol. The molecule has 20 heavy (non-hydrogen) atoms. The summed E-state index contributed by atoms with van der Waals surface area (Å²) >= 11 is 1.65. The maximum absolute atomic E-state index is 12.0. The Labute approximate surface area is 123 Å². The van der Waals surface area contributed by atoms with Gasteiger partial charge in [0.1, 0.15) is 6.04 Å². The molecule has 112 valence electrons. The number of hydrogen-bond donors (Lipinski definition) is 2. The number of hydrogen-bond acceptors (Lipinski definition) is 3. The van der Waals surface area contributed by atoms with Gasteiger partial charge >= 0.3 is 12.0 Å². The molecule has 1 rings (SSSR count). The third kappa shape index (κ3) is 5.61. The Balaban J connectivity index is 2.44. The van der Waals surface area contributed by atoms with Crippen molar-refractivity contribution in [3.05, 3.63) is 22.4 Å². The Morgan fingerprint density at radius 3 is 2.65 bits per heavy atom. The van der Waals surface area contributed by atoms with Gasteiger partial charge in [0.15, 0.2) is 0 Å². The third-order valence-corrected chi connectivity index (χ3v) is 3.86. The monoisotopic (exact) mass is 298 g/mol. The van der Waals surface area contributed by atoms with Crippen molar-refractivity contribution in [3.63, 3.8) is 0 Å². The van der Waals surface area contributed by atoms with E-state index in [9.17, 15) is 9.59 Å². The maximum atomic E-state index is 12.0. The Hall–Kier alpha value is -1.56. The second-order valence-corrected chi connectivity index (χ2v) is 6.25. The first-order chi connectivity index (χ1) is 9.40. The van der Waals surface area contributed by atoms with Crippen LogP contribution in [-0.2, 0) is 11.2 Å². The van der Waals surface area contributed by atoms with E-state index in [1.807, 2.05) is 31.4 Å². The fourth-order valence-corrected chi connectivity index (χ4v) is 2.48. The summed E-state index contributed by atoms with van der Waals surface area (Å²) in [6.07, 6.45) is 1.21. The van der Waals surface area contributed by atoms with Gasteiger partial charge in [-0.3, -0.25) is 0 Å². The highest BCUT2D eigenvalue weighted by Crippen LogP contribution is 2.10. The molecule has 2 amide bonds. The van der Waals surface area contributed by atoms with Crippen LogP contribution < -0.4 is 5.32 Å². The number of rotatable bonds is 7. The number of nitrogens with one attached hydrogen (secondary N) is 1. The van der Waals surface area contributed by atoms with Crippen molar-refractivity contribution in [1.29, 1.82) is 0 Å². The van der Waals surface area contributed by atoms with Gasteiger partial charge in [0.25, 0.3) is 0 Å². The normalized spacial score (nSPS) is 12.2. The number of urea groups is 1. The number of likely N-dealkylation sites (N-methyl/N-ethyl adjacent to an activating group) is 1. The van der Waals surface area contributed by atoms with Crippen LogP contribution in [0.25, 0.3) is 0 Å². The van der Waals surface area contributed by atoms with Gasteiger partial charge in [0, 0.05) is 18.5 Å². The lowest BCUT2D eigenvalue weighted by atomic mass is 10.0. The Kier molecular flexibility index (Phi) is 6.51. The van der Waals surface area contributed by atoms with E-state index in [0.29, 0.717) is 13.0 Å². The zero-order valence-electron chi connectivity index (χ0n) is 12.1. The van der Waals surface area contributed by atoms with Gasteiger partial charge in [-0.25, -0.2) is 9.59 Å². The topological polar surface area (TPSA) is 69.6 Å². The molecule has 6 heteroatoms. The molecule has 0 aromatic carbocycles. The first-order valence-electron chi connectivity index (χ1n) is 6.67. The van der Waals surface area contributed by atoms with Gasteiger partial charge < -0.3 is 15.3 Å². The quantitative estimate of drug-likeness (QED) is 0.812.